The summed E-state index contributed by atoms with van der Waals surface area (Å²) in [6.45, 7) is 7.82. The summed E-state index contributed by atoms with van der Waals surface area (Å²) >= 11 is 0. The van der Waals surface area contributed by atoms with Crippen LogP contribution in [0, 0.1) is 0 Å². The molecule has 0 bridgehead atoms. The summed E-state index contributed by atoms with van der Waals surface area (Å²) in [5, 5.41) is 0. The first-order valence-corrected chi connectivity index (χ1v) is 18.7. The van der Waals surface area contributed by atoms with Gasteiger partial charge in [0.05, 0.1) is 6.61 Å². The van der Waals surface area contributed by atoms with Crippen LogP contribution in [0.2, 0.25) is 0 Å². The minimum atomic E-state index is -0.497. The Bertz CT molecular complexity index is 666. The van der Waals surface area contributed by atoms with Crippen LogP contribution in [0.4, 0.5) is 4.79 Å². The molecule has 0 amide bonds. The molecule has 0 heterocycles. The Morgan fingerprint density at radius 2 is 1.11 bits per heavy atom. The molecule has 44 heavy (non-hydrogen) atoms. The van der Waals surface area contributed by atoms with E-state index in [4.69, 9.17) is 14.2 Å². The van der Waals surface area contributed by atoms with Gasteiger partial charge < -0.3 is 19.1 Å². The van der Waals surface area contributed by atoms with E-state index in [1.165, 1.54) is 89.9 Å². The Balaban J connectivity index is 4.29. The zero-order valence-electron chi connectivity index (χ0n) is 29.9. The Kier molecular flexibility index (Phi) is 31.7. The van der Waals surface area contributed by atoms with E-state index >= 15 is 0 Å². The van der Waals surface area contributed by atoms with Gasteiger partial charge in [-0.25, -0.2) is 4.79 Å². The van der Waals surface area contributed by atoms with Gasteiger partial charge in [0.25, 0.3) is 0 Å². The molecule has 0 spiro atoms. The third-order valence-electron chi connectivity index (χ3n) is 8.21. The van der Waals surface area contributed by atoms with Gasteiger partial charge in [-0.2, -0.15) is 0 Å². The van der Waals surface area contributed by atoms with Crippen LogP contribution >= 0.6 is 0 Å². The van der Waals surface area contributed by atoms with Gasteiger partial charge in [-0.1, -0.05) is 116 Å². The minimum Gasteiger partial charge on any atom is -0.462 e. The summed E-state index contributed by atoms with van der Waals surface area (Å²) in [4.78, 5) is 26.4. The fourth-order valence-electron chi connectivity index (χ4n) is 5.48. The number of hydrogen-bond acceptors (Lipinski definition) is 6. The predicted molar refractivity (Wildman–Crippen MR) is 186 cm³/mol. The van der Waals surface area contributed by atoms with Gasteiger partial charge in [0, 0.05) is 19.4 Å². The number of carbonyl (C=O) groups excluding carboxylic acids is 2. The van der Waals surface area contributed by atoms with Crippen molar-refractivity contribution in [3.63, 3.8) is 0 Å². The zero-order chi connectivity index (χ0) is 32.5. The standard InChI is InChI=1S/C38H73NO5/c1-6-9-11-13-14-17-21-25-31-36(44-38(41)42-34-27-33-39(4)5)32-26-22-19-16-15-18-20-24-30-35(29-23-12-10-7-2)43-37(40)28-8-3/h20,24,35-36H,6-19,21-23,25-34H2,1-5H3/b24-20-/t35-,36?/m1/s1. The lowest BCUT2D eigenvalue weighted by Gasteiger charge is -2.18. The maximum Gasteiger partial charge on any atom is 0.508 e. The Morgan fingerprint density at radius 3 is 1.68 bits per heavy atom. The molecule has 0 aromatic heterocycles. The molecular weight excluding hydrogens is 550 g/mol. The molecule has 0 saturated carbocycles. The topological polar surface area (TPSA) is 65.1 Å². The summed E-state index contributed by atoms with van der Waals surface area (Å²) in [7, 11) is 4.05. The largest absolute Gasteiger partial charge is 0.508 e. The summed E-state index contributed by atoms with van der Waals surface area (Å²) in [5.41, 5.74) is 0. The first-order valence-electron chi connectivity index (χ1n) is 18.7. The number of allylic oxidation sites excluding steroid dienone is 1. The lowest BCUT2D eigenvalue weighted by molar-refractivity contribution is -0.149. The predicted octanol–water partition coefficient (Wildman–Crippen LogP) is 11.3. The van der Waals surface area contributed by atoms with Crippen LogP contribution < -0.4 is 0 Å². The second-order valence-electron chi connectivity index (χ2n) is 13.0. The van der Waals surface area contributed by atoms with Crippen LogP contribution in [0.1, 0.15) is 181 Å². The highest BCUT2D eigenvalue weighted by Crippen LogP contribution is 2.18. The number of rotatable bonds is 32. The molecule has 2 atom stereocenters. The van der Waals surface area contributed by atoms with Crippen molar-refractivity contribution in [2.45, 2.75) is 193 Å². The second kappa shape index (κ2) is 32.8. The quantitative estimate of drug-likeness (QED) is 0.0422. The maximum absolute atomic E-state index is 12.3. The normalized spacial score (nSPS) is 13.0. The highest BCUT2D eigenvalue weighted by atomic mass is 16.7. The van der Waals surface area contributed by atoms with Crippen molar-refractivity contribution in [1.82, 2.24) is 4.90 Å². The average molecular weight is 624 g/mol. The molecule has 0 rings (SSSR count). The van der Waals surface area contributed by atoms with E-state index in [9.17, 15) is 9.59 Å². The minimum absolute atomic E-state index is 0.0263. The van der Waals surface area contributed by atoms with Crippen molar-refractivity contribution in [2.75, 3.05) is 27.2 Å². The molecule has 260 valence electrons. The van der Waals surface area contributed by atoms with Crippen molar-refractivity contribution >= 4 is 12.1 Å². The number of esters is 1. The Morgan fingerprint density at radius 1 is 0.591 bits per heavy atom. The van der Waals surface area contributed by atoms with Crippen molar-refractivity contribution < 1.29 is 23.8 Å². The molecule has 0 aliphatic heterocycles. The van der Waals surface area contributed by atoms with Crippen LogP contribution in [0.3, 0.4) is 0 Å². The van der Waals surface area contributed by atoms with Crippen LogP contribution in [-0.4, -0.2) is 56.5 Å². The molecule has 0 aromatic carbocycles. The molecule has 6 heteroatoms. The van der Waals surface area contributed by atoms with Gasteiger partial charge in [0.2, 0.25) is 0 Å². The van der Waals surface area contributed by atoms with Crippen molar-refractivity contribution in [2.24, 2.45) is 0 Å². The van der Waals surface area contributed by atoms with Gasteiger partial charge in [-0.05, 0) is 78.3 Å². The number of hydrogen-bond donors (Lipinski definition) is 0. The lowest BCUT2D eigenvalue weighted by Crippen LogP contribution is -2.21. The van der Waals surface area contributed by atoms with Gasteiger partial charge in [-0.3, -0.25) is 4.79 Å². The third-order valence-corrected chi connectivity index (χ3v) is 8.21. The number of carbonyl (C=O) groups is 2. The first kappa shape index (κ1) is 42.4. The molecule has 0 aliphatic carbocycles. The summed E-state index contributed by atoms with van der Waals surface area (Å²) < 4.78 is 16.9. The third kappa shape index (κ3) is 30.5. The fourth-order valence-corrected chi connectivity index (χ4v) is 5.48. The van der Waals surface area contributed by atoms with Gasteiger partial charge in [-0.15, -0.1) is 0 Å². The van der Waals surface area contributed by atoms with Crippen molar-refractivity contribution in [1.29, 1.82) is 0 Å². The zero-order valence-corrected chi connectivity index (χ0v) is 29.9. The van der Waals surface area contributed by atoms with E-state index in [0.717, 1.165) is 70.8 Å². The molecule has 0 aliphatic rings. The maximum atomic E-state index is 12.3. The van der Waals surface area contributed by atoms with E-state index in [1.54, 1.807) is 0 Å². The molecule has 0 saturated heterocycles. The highest BCUT2D eigenvalue weighted by molar-refractivity contribution is 5.69. The molecule has 0 N–H and O–H groups in total. The van der Waals surface area contributed by atoms with Crippen molar-refractivity contribution in [3.05, 3.63) is 12.2 Å². The fraction of sp³-hybridized carbons (Fsp3) is 0.895. The van der Waals surface area contributed by atoms with E-state index in [1.807, 2.05) is 21.0 Å². The molecule has 0 fully saturated rings. The van der Waals surface area contributed by atoms with E-state index in [2.05, 4.69) is 30.9 Å². The second-order valence-corrected chi connectivity index (χ2v) is 13.0. The van der Waals surface area contributed by atoms with Crippen LogP contribution in [-0.2, 0) is 19.0 Å². The monoisotopic (exact) mass is 624 g/mol. The van der Waals surface area contributed by atoms with Crippen molar-refractivity contribution in [3.8, 4) is 0 Å². The van der Waals surface area contributed by atoms with Gasteiger partial charge in [0.1, 0.15) is 12.2 Å². The molecular formula is C38H73NO5. The summed E-state index contributed by atoms with van der Waals surface area (Å²) in [6.07, 6.45) is 31.9. The molecule has 0 aromatic rings. The summed E-state index contributed by atoms with van der Waals surface area (Å²) in [5.74, 6) is -0.0521. The number of nitrogens with zero attached hydrogens (tertiary/aromatic N) is 1. The molecule has 6 nitrogen and oxygen atoms in total. The van der Waals surface area contributed by atoms with E-state index in [0.29, 0.717) is 13.0 Å². The highest BCUT2D eigenvalue weighted by Gasteiger charge is 2.16. The molecule has 1 unspecified atom stereocenters. The van der Waals surface area contributed by atoms with Gasteiger partial charge in [0.15, 0.2) is 0 Å². The van der Waals surface area contributed by atoms with Crippen LogP contribution in [0.5, 0.6) is 0 Å². The van der Waals surface area contributed by atoms with E-state index < -0.39 is 6.16 Å². The average Bonchev–Trinajstić information content (AvgIpc) is 2.99. The SMILES string of the molecule is CCCCCCCCCCC(CCCCCCC/C=C\C[C@@H](CCCCCC)OC(=O)CCC)OC(=O)OCCCN(C)C. The number of unbranched alkanes of at least 4 members (excludes halogenated alkanes) is 15. The Labute approximate surface area is 273 Å². The van der Waals surface area contributed by atoms with Crippen LogP contribution in [0.25, 0.3) is 0 Å². The molecule has 0 radical (unpaired) electrons. The Hall–Kier alpha value is -1.56. The first-order chi connectivity index (χ1) is 21.4. The number of ether oxygens (including phenoxy) is 3. The smallest absolute Gasteiger partial charge is 0.462 e. The van der Waals surface area contributed by atoms with Crippen LogP contribution in [0.15, 0.2) is 12.2 Å². The lowest BCUT2D eigenvalue weighted by atomic mass is 10.0. The summed E-state index contributed by atoms with van der Waals surface area (Å²) in [6, 6.07) is 0. The van der Waals surface area contributed by atoms with E-state index in [-0.39, 0.29) is 18.2 Å². The van der Waals surface area contributed by atoms with Gasteiger partial charge >= 0.3 is 12.1 Å².